The van der Waals surface area contributed by atoms with E-state index in [1.807, 2.05) is 30.3 Å². The summed E-state index contributed by atoms with van der Waals surface area (Å²) in [5, 5.41) is 6.52. The summed E-state index contributed by atoms with van der Waals surface area (Å²) in [6, 6.07) is 14.0. The van der Waals surface area contributed by atoms with Gasteiger partial charge in [-0.05, 0) is 37.1 Å². The van der Waals surface area contributed by atoms with Crippen molar-refractivity contribution in [1.82, 2.24) is 4.90 Å². The van der Waals surface area contributed by atoms with Gasteiger partial charge in [0.25, 0.3) is 0 Å². The van der Waals surface area contributed by atoms with E-state index in [1.165, 1.54) is 19.1 Å². The third kappa shape index (κ3) is 3.31. The van der Waals surface area contributed by atoms with Crippen LogP contribution in [0, 0.1) is 5.82 Å². The van der Waals surface area contributed by atoms with E-state index in [4.69, 9.17) is 9.84 Å². The molecule has 0 bridgehead atoms. The predicted molar refractivity (Wildman–Crippen MR) is 115 cm³/mol. The molecule has 0 radical (unpaired) electrons. The van der Waals surface area contributed by atoms with Gasteiger partial charge in [0.1, 0.15) is 41.8 Å². The molecule has 3 aliphatic heterocycles. The van der Waals surface area contributed by atoms with Crippen molar-refractivity contribution in [2.45, 2.75) is 37.4 Å². The number of halogens is 2. The maximum atomic E-state index is 14.1. The van der Waals surface area contributed by atoms with E-state index in [0.717, 1.165) is 18.5 Å². The standard InChI is InChI=1S/C24H25F2N3O2/c1-16(30)23-24(17-6-3-2-4-7-17,10-5-11-28-13-19(26)14-28)22-15-31-21-9-8-18(25)12-20(21)29(22)27-23/h2-4,6-9,12,19,22H,5,10-11,13-15H2,1H3/t22?,24-/m1/s1. The van der Waals surface area contributed by atoms with Crippen molar-refractivity contribution >= 4 is 17.2 Å². The van der Waals surface area contributed by atoms with Crippen molar-refractivity contribution in [3.63, 3.8) is 0 Å². The van der Waals surface area contributed by atoms with Crippen LogP contribution in [0.5, 0.6) is 5.75 Å². The number of carbonyl (C=O) groups excluding carboxylic acids is 1. The maximum Gasteiger partial charge on any atom is 0.176 e. The van der Waals surface area contributed by atoms with Gasteiger partial charge in [-0.1, -0.05) is 30.3 Å². The molecule has 2 atom stereocenters. The second-order valence-corrected chi connectivity index (χ2v) is 8.59. The Morgan fingerprint density at radius 3 is 2.71 bits per heavy atom. The van der Waals surface area contributed by atoms with E-state index >= 15 is 0 Å². The lowest BCUT2D eigenvalue weighted by molar-refractivity contribution is -0.111. The average Bonchev–Trinajstić information content (AvgIpc) is 3.09. The van der Waals surface area contributed by atoms with Gasteiger partial charge in [-0.3, -0.25) is 14.7 Å². The Hall–Kier alpha value is -2.80. The minimum atomic E-state index is -0.738. The lowest BCUT2D eigenvalue weighted by atomic mass is 9.67. The Morgan fingerprint density at radius 2 is 2.00 bits per heavy atom. The molecule has 31 heavy (non-hydrogen) atoms. The third-order valence-corrected chi connectivity index (χ3v) is 6.64. The Bertz CT molecular complexity index is 1020. The Morgan fingerprint density at radius 1 is 1.23 bits per heavy atom. The van der Waals surface area contributed by atoms with Crippen molar-refractivity contribution < 1.29 is 18.3 Å². The van der Waals surface area contributed by atoms with Crippen LogP contribution in [0.3, 0.4) is 0 Å². The molecule has 0 spiro atoms. The molecule has 5 nitrogen and oxygen atoms in total. The summed E-state index contributed by atoms with van der Waals surface area (Å²) in [6.45, 7) is 3.57. The highest BCUT2D eigenvalue weighted by atomic mass is 19.1. The summed E-state index contributed by atoms with van der Waals surface area (Å²) in [6.07, 6.45) is 0.712. The fourth-order valence-corrected chi connectivity index (χ4v) is 5.18. The fourth-order valence-electron chi connectivity index (χ4n) is 5.18. The SMILES string of the molecule is CC(=O)C1=NN2c3cc(F)ccc3OCC2[C@@]1(CCCN1CC(F)C1)c1ccccc1. The van der Waals surface area contributed by atoms with Gasteiger partial charge in [-0.25, -0.2) is 8.78 Å². The highest BCUT2D eigenvalue weighted by molar-refractivity contribution is 6.43. The van der Waals surface area contributed by atoms with E-state index in [2.05, 4.69) is 4.90 Å². The van der Waals surface area contributed by atoms with Crippen molar-refractivity contribution in [2.24, 2.45) is 5.10 Å². The number of hydrogen-bond acceptors (Lipinski definition) is 5. The quantitative estimate of drug-likeness (QED) is 0.708. The van der Waals surface area contributed by atoms with Gasteiger partial charge in [-0.2, -0.15) is 5.10 Å². The second-order valence-electron chi connectivity index (χ2n) is 8.59. The number of anilines is 1. The molecule has 2 aromatic carbocycles. The molecule has 0 aromatic heterocycles. The number of benzene rings is 2. The molecule has 0 saturated carbocycles. The number of carbonyl (C=O) groups is 1. The smallest absolute Gasteiger partial charge is 0.176 e. The van der Waals surface area contributed by atoms with Crippen LogP contribution in [0.4, 0.5) is 14.5 Å². The first-order valence-electron chi connectivity index (χ1n) is 10.7. The van der Waals surface area contributed by atoms with E-state index in [1.54, 1.807) is 11.1 Å². The Balaban J connectivity index is 1.55. The molecule has 1 fully saturated rings. The van der Waals surface area contributed by atoms with Crippen LogP contribution in [0.2, 0.25) is 0 Å². The number of rotatable bonds is 6. The molecule has 2 aromatic rings. The Labute approximate surface area is 180 Å². The van der Waals surface area contributed by atoms with Gasteiger partial charge < -0.3 is 4.74 Å². The summed E-state index contributed by atoms with van der Waals surface area (Å²) in [7, 11) is 0. The van der Waals surface area contributed by atoms with Crippen LogP contribution < -0.4 is 9.75 Å². The molecular weight excluding hydrogens is 400 g/mol. The number of hydrazone groups is 1. The molecule has 1 saturated heterocycles. The first-order valence-corrected chi connectivity index (χ1v) is 10.7. The van der Waals surface area contributed by atoms with E-state index in [0.29, 0.717) is 43.3 Å². The zero-order chi connectivity index (χ0) is 21.6. The van der Waals surface area contributed by atoms with Gasteiger partial charge in [-0.15, -0.1) is 0 Å². The van der Waals surface area contributed by atoms with Crippen molar-refractivity contribution in [3.05, 3.63) is 59.9 Å². The van der Waals surface area contributed by atoms with Gasteiger partial charge in [0.05, 0.1) is 5.41 Å². The second kappa shape index (κ2) is 7.71. The number of likely N-dealkylation sites (tertiary alicyclic amines) is 1. The molecule has 5 rings (SSSR count). The van der Waals surface area contributed by atoms with Gasteiger partial charge in [0, 0.05) is 26.1 Å². The van der Waals surface area contributed by atoms with Crippen molar-refractivity contribution in [3.8, 4) is 5.75 Å². The zero-order valence-corrected chi connectivity index (χ0v) is 17.4. The van der Waals surface area contributed by atoms with Crippen LogP contribution in [0.1, 0.15) is 25.3 Å². The summed E-state index contributed by atoms with van der Waals surface area (Å²) in [5.74, 6) is 0.0741. The average molecular weight is 425 g/mol. The maximum absolute atomic E-state index is 14.1. The molecule has 3 aliphatic rings. The number of alkyl halides is 1. The van der Waals surface area contributed by atoms with E-state index < -0.39 is 11.6 Å². The Kier molecular flexibility index (Phi) is 5.01. The molecule has 0 aliphatic carbocycles. The molecule has 162 valence electrons. The summed E-state index contributed by atoms with van der Waals surface area (Å²) >= 11 is 0. The summed E-state index contributed by atoms with van der Waals surface area (Å²) in [4.78, 5) is 14.9. The van der Waals surface area contributed by atoms with Crippen LogP contribution in [-0.2, 0) is 10.2 Å². The van der Waals surface area contributed by atoms with Crippen LogP contribution in [-0.4, -0.2) is 54.8 Å². The topological polar surface area (TPSA) is 45.1 Å². The zero-order valence-electron chi connectivity index (χ0n) is 17.4. The minimum Gasteiger partial charge on any atom is -0.489 e. The molecule has 7 heteroatoms. The van der Waals surface area contributed by atoms with Crippen LogP contribution in [0.25, 0.3) is 0 Å². The predicted octanol–water partition coefficient (Wildman–Crippen LogP) is 3.72. The fraction of sp³-hybridized carbons (Fsp3) is 0.417. The van der Waals surface area contributed by atoms with Gasteiger partial charge >= 0.3 is 0 Å². The van der Waals surface area contributed by atoms with Crippen molar-refractivity contribution in [1.29, 1.82) is 0 Å². The third-order valence-electron chi connectivity index (χ3n) is 6.64. The van der Waals surface area contributed by atoms with E-state index in [-0.39, 0.29) is 17.6 Å². The highest BCUT2D eigenvalue weighted by Gasteiger charge is 2.55. The summed E-state index contributed by atoms with van der Waals surface area (Å²) < 4.78 is 33.3. The van der Waals surface area contributed by atoms with Crippen LogP contribution >= 0.6 is 0 Å². The minimum absolute atomic E-state index is 0.107. The number of ketones is 1. The first-order chi connectivity index (χ1) is 15.0. The lowest BCUT2D eigenvalue weighted by Crippen LogP contribution is -2.54. The highest BCUT2D eigenvalue weighted by Crippen LogP contribution is 2.48. The number of fused-ring (bicyclic) bond motifs is 3. The first kappa shape index (κ1) is 20.1. The largest absolute Gasteiger partial charge is 0.489 e. The number of Topliss-reactive ketones (excluding diaryl/α,β-unsaturated/α-hetero) is 1. The lowest BCUT2D eigenvalue weighted by Gasteiger charge is -2.42. The van der Waals surface area contributed by atoms with E-state index in [9.17, 15) is 13.6 Å². The number of nitrogens with zero attached hydrogens (tertiary/aromatic N) is 3. The molecule has 0 amide bonds. The molecular formula is C24H25F2N3O2. The number of hydrogen-bond donors (Lipinski definition) is 0. The monoisotopic (exact) mass is 425 g/mol. The summed E-state index contributed by atoms with van der Waals surface area (Å²) in [5.41, 5.74) is 1.32. The van der Waals surface area contributed by atoms with Crippen molar-refractivity contribution in [2.75, 3.05) is 31.3 Å². The normalized spacial score (nSPS) is 25.3. The van der Waals surface area contributed by atoms with Gasteiger partial charge in [0.15, 0.2) is 5.78 Å². The van der Waals surface area contributed by atoms with Gasteiger partial charge in [0.2, 0.25) is 0 Å². The van der Waals surface area contributed by atoms with Crippen LogP contribution in [0.15, 0.2) is 53.6 Å². The molecule has 1 unspecified atom stereocenters. The molecule has 0 N–H and O–H groups in total. The number of ether oxygens (including phenoxy) is 1. The molecule has 3 heterocycles.